The van der Waals surface area contributed by atoms with Gasteiger partial charge >= 0.3 is 0 Å². The van der Waals surface area contributed by atoms with E-state index < -0.39 is 23.3 Å². The van der Waals surface area contributed by atoms with Gasteiger partial charge in [0.15, 0.2) is 11.6 Å². The van der Waals surface area contributed by atoms with Crippen molar-refractivity contribution in [2.24, 2.45) is 5.92 Å². The van der Waals surface area contributed by atoms with Crippen molar-refractivity contribution >= 4 is 10.9 Å². The van der Waals surface area contributed by atoms with Gasteiger partial charge in [-0.05, 0) is 36.2 Å². The Bertz CT molecular complexity index is 1070. The molecule has 1 saturated heterocycles. The number of benzene rings is 2. The van der Waals surface area contributed by atoms with Crippen LogP contribution in [0.2, 0.25) is 0 Å². The van der Waals surface area contributed by atoms with E-state index in [0.29, 0.717) is 32.5 Å². The standard InChI is InChI=1S/C22H23F2N3O3/c23-16-2-4-21(18(24)7-16)30-17-6-15-10-27(12-22(15,29)8-17)11-20(28)13-1-3-19-14(5-13)9-25-26-19/h1-5,7,9,15,17,20,28-29H,6,8,10-12H2,(H,25,26)/t15-,17+,20?,22-/m0/s1. The van der Waals surface area contributed by atoms with E-state index in [4.69, 9.17) is 4.74 Å². The lowest BCUT2D eigenvalue weighted by Crippen LogP contribution is -2.36. The predicted octanol–water partition coefficient (Wildman–Crippen LogP) is 2.78. The van der Waals surface area contributed by atoms with Gasteiger partial charge in [-0.15, -0.1) is 0 Å². The Labute approximate surface area is 172 Å². The highest BCUT2D eigenvalue weighted by atomic mass is 19.1. The summed E-state index contributed by atoms with van der Waals surface area (Å²) in [4.78, 5) is 2.06. The number of hydrogen-bond donors (Lipinski definition) is 3. The highest BCUT2D eigenvalue weighted by Crippen LogP contribution is 2.43. The molecule has 2 heterocycles. The summed E-state index contributed by atoms with van der Waals surface area (Å²) in [7, 11) is 0. The number of aliphatic hydroxyl groups is 2. The average Bonchev–Trinajstić information content (AvgIpc) is 3.35. The number of H-pyrrole nitrogens is 1. The summed E-state index contributed by atoms with van der Waals surface area (Å²) >= 11 is 0. The van der Waals surface area contributed by atoms with E-state index >= 15 is 0 Å². The number of aromatic amines is 1. The van der Waals surface area contributed by atoms with Gasteiger partial charge in [-0.3, -0.25) is 10.00 Å². The smallest absolute Gasteiger partial charge is 0.167 e. The second-order valence-corrected chi connectivity index (χ2v) is 8.48. The maximum Gasteiger partial charge on any atom is 0.167 e. The summed E-state index contributed by atoms with van der Waals surface area (Å²) in [6.07, 6.45) is 1.68. The van der Waals surface area contributed by atoms with Crippen molar-refractivity contribution in [2.45, 2.75) is 30.7 Å². The lowest BCUT2D eigenvalue weighted by molar-refractivity contribution is 0.0175. The third kappa shape index (κ3) is 3.55. The van der Waals surface area contributed by atoms with Crippen LogP contribution in [0.15, 0.2) is 42.6 Å². The highest BCUT2D eigenvalue weighted by molar-refractivity contribution is 5.78. The zero-order valence-corrected chi connectivity index (χ0v) is 16.3. The Balaban J connectivity index is 1.21. The van der Waals surface area contributed by atoms with Crippen LogP contribution >= 0.6 is 0 Å². The molecule has 0 bridgehead atoms. The van der Waals surface area contributed by atoms with Gasteiger partial charge in [0, 0.05) is 43.4 Å². The molecule has 6 nitrogen and oxygen atoms in total. The Hall–Kier alpha value is -2.55. The molecular weight excluding hydrogens is 392 g/mol. The number of likely N-dealkylation sites (tertiary alicyclic amines) is 1. The largest absolute Gasteiger partial charge is 0.487 e. The van der Waals surface area contributed by atoms with Crippen molar-refractivity contribution in [1.29, 1.82) is 0 Å². The molecule has 0 radical (unpaired) electrons. The minimum Gasteiger partial charge on any atom is -0.487 e. The molecule has 1 aromatic heterocycles. The Kier molecular flexibility index (Phi) is 4.72. The minimum atomic E-state index is -0.935. The first kappa shape index (κ1) is 19.4. The fraction of sp³-hybridized carbons (Fsp3) is 0.409. The number of nitrogens with one attached hydrogen (secondary N) is 1. The van der Waals surface area contributed by atoms with Gasteiger partial charge in [-0.1, -0.05) is 6.07 Å². The molecule has 2 fully saturated rings. The van der Waals surface area contributed by atoms with Crippen LogP contribution in [0.1, 0.15) is 24.5 Å². The third-order valence-corrected chi connectivity index (χ3v) is 6.33. The molecule has 1 aliphatic heterocycles. The number of ether oxygens (including phenoxy) is 1. The number of fused-ring (bicyclic) bond motifs is 2. The molecule has 4 atom stereocenters. The van der Waals surface area contributed by atoms with Gasteiger partial charge < -0.3 is 14.9 Å². The molecule has 0 spiro atoms. The SMILES string of the molecule is OC(CN1C[C@@H]2C[C@@H](Oc3ccc(F)cc3F)C[C@]2(O)C1)c1ccc2[nH]ncc2c1. The van der Waals surface area contributed by atoms with Crippen LogP contribution in [0.5, 0.6) is 5.75 Å². The molecule has 5 rings (SSSR count). The molecule has 158 valence electrons. The molecular formula is C22H23F2N3O3. The van der Waals surface area contributed by atoms with Crippen molar-refractivity contribution in [3.8, 4) is 5.75 Å². The normalized spacial score (nSPS) is 27.5. The first-order valence-corrected chi connectivity index (χ1v) is 10.1. The molecule has 2 aromatic carbocycles. The maximum absolute atomic E-state index is 13.9. The number of nitrogens with zero attached hydrogens (tertiary/aromatic N) is 2. The zero-order valence-electron chi connectivity index (χ0n) is 16.3. The highest BCUT2D eigenvalue weighted by Gasteiger charge is 2.52. The summed E-state index contributed by atoms with van der Waals surface area (Å²) in [5, 5.41) is 29.6. The Morgan fingerprint density at radius 2 is 2.13 bits per heavy atom. The maximum atomic E-state index is 13.9. The van der Waals surface area contributed by atoms with Gasteiger partial charge in [-0.25, -0.2) is 8.78 Å². The summed E-state index contributed by atoms with van der Waals surface area (Å²) < 4.78 is 32.6. The van der Waals surface area contributed by atoms with Gasteiger partial charge in [0.2, 0.25) is 0 Å². The number of aliphatic hydroxyl groups excluding tert-OH is 1. The van der Waals surface area contributed by atoms with Gasteiger partial charge in [0.1, 0.15) is 11.9 Å². The van der Waals surface area contributed by atoms with E-state index in [-0.39, 0.29) is 17.8 Å². The Morgan fingerprint density at radius 1 is 1.27 bits per heavy atom. The van der Waals surface area contributed by atoms with Crippen molar-refractivity contribution in [3.63, 3.8) is 0 Å². The molecule has 2 aliphatic rings. The van der Waals surface area contributed by atoms with Crippen LogP contribution in [-0.4, -0.2) is 56.6 Å². The predicted molar refractivity (Wildman–Crippen MR) is 106 cm³/mol. The van der Waals surface area contributed by atoms with Gasteiger partial charge in [0.25, 0.3) is 0 Å². The topological polar surface area (TPSA) is 81.6 Å². The van der Waals surface area contributed by atoms with Gasteiger partial charge in [-0.2, -0.15) is 5.10 Å². The molecule has 30 heavy (non-hydrogen) atoms. The van der Waals surface area contributed by atoms with Gasteiger partial charge in [0.05, 0.1) is 23.4 Å². The second kappa shape index (κ2) is 7.30. The van der Waals surface area contributed by atoms with Crippen LogP contribution in [0.3, 0.4) is 0 Å². The number of halogens is 2. The monoisotopic (exact) mass is 415 g/mol. The minimum absolute atomic E-state index is 0.00638. The van der Waals surface area contributed by atoms with Crippen LogP contribution in [0.4, 0.5) is 8.78 Å². The molecule has 1 aliphatic carbocycles. The van der Waals surface area contributed by atoms with E-state index in [2.05, 4.69) is 15.1 Å². The summed E-state index contributed by atoms with van der Waals surface area (Å²) in [5.74, 6) is -1.40. The van der Waals surface area contributed by atoms with Crippen molar-refractivity contribution in [1.82, 2.24) is 15.1 Å². The van der Waals surface area contributed by atoms with Crippen LogP contribution < -0.4 is 4.74 Å². The van der Waals surface area contributed by atoms with Crippen LogP contribution in [-0.2, 0) is 0 Å². The van der Waals surface area contributed by atoms with Crippen molar-refractivity contribution in [2.75, 3.05) is 19.6 Å². The lowest BCUT2D eigenvalue weighted by atomic mass is 9.95. The van der Waals surface area contributed by atoms with E-state index in [1.54, 1.807) is 6.20 Å². The first-order chi connectivity index (χ1) is 14.4. The van der Waals surface area contributed by atoms with E-state index in [1.807, 2.05) is 18.2 Å². The Morgan fingerprint density at radius 3 is 2.93 bits per heavy atom. The van der Waals surface area contributed by atoms with Crippen molar-refractivity contribution in [3.05, 3.63) is 59.8 Å². The summed E-state index contributed by atoms with van der Waals surface area (Å²) in [6.45, 7) is 1.47. The first-order valence-electron chi connectivity index (χ1n) is 10.1. The zero-order chi connectivity index (χ0) is 20.9. The van der Waals surface area contributed by atoms with E-state index in [9.17, 15) is 19.0 Å². The molecule has 0 amide bonds. The molecule has 3 N–H and O–H groups in total. The van der Waals surface area contributed by atoms with Crippen LogP contribution in [0, 0.1) is 17.6 Å². The third-order valence-electron chi connectivity index (χ3n) is 6.33. The fourth-order valence-electron chi connectivity index (χ4n) is 4.88. The van der Waals surface area contributed by atoms with E-state index in [1.165, 1.54) is 6.07 Å². The lowest BCUT2D eigenvalue weighted by Gasteiger charge is -2.25. The fourth-order valence-corrected chi connectivity index (χ4v) is 4.88. The molecule has 1 unspecified atom stereocenters. The molecule has 1 saturated carbocycles. The van der Waals surface area contributed by atoms with E-state index in [0.717, 1.165) is 28.6 Å². The molecule has 8 heteroatoms. The average molecular weight is 415 g/mol. The number of aromatic nitrogens is 2. The van der Waals surface area contributed by atoms with Crippen molar-refractivity contribution < 1.29 is 23.7 Å². The summed E-state index contributed by atoms with van der Waals surface area (Å²) in [5.41, 5.74) is 0.788. The summed E-state index contributed by atoms with van der Waals surface area (Å²) in [6, 6.07) is 8.91. The number of rotatable bonds is 5. The number of hydrogen-bond acceptors (Lipinski definition) is 5. The second-order valence-electron chi connectivity index (χ2n) is 8.48. The number of β-amino-alcohol motifs (C(OH)–C–C–N with tert-alkyl or cyclic N) is 2. The van der Waals surface area contributed by atoms with Crippen LogP contribution in [0.25, 0.3) is 10.9 Å². The quantitative estimate of drug-likeness (QED) is 0.597. The molecule has 3 aromatic rings.